The van der Waals surface area contributed by atoms with Crippen molar-refractivity contribution in [1.82, 2.24) is 9.03 Å². The summed E-state index contributed by atoms with van der Waals surface area (Å²) in [6.07, 6.45) is 1.62. The van der Waals surface area contributed by atoms with E-state index in [4.69, 9.17) is 0 Å². The molecule has 0 amide bonds. The highest BCUT2D eigenvalue weighted by Crippen LogP contribution is 2.29. The van der Waals surface area contributed by atoms with Crippen LogP contribution in [-0.4, -0.2) is 38.0 Å². The molecule has 2 rings (SSSR count). The molecule has 5 nitrogen and oxygen atoms in total. The van der Waals surface area contributed by atoms with Crippen LogP contribution in [0.3, 0.4) is 0 Å². The van der Waals surface area contributed by atoms with E-state index in [-0.39, 0.29) is 5.75 Å². The molecule has 18 heavy (non-hydrogen) atoms. The highest BCUT2D eigenvalue weighted by molar-refractivity contribution is 7.87. The van der Waals surface area contributed by atoms with Gasteiger partial charge in [0.25, 0.3) is 10.2 Å². The van der Waals surface area contributed by atoms with Gasteiger partial charge in [-0.15, -0.1) is 0 Å². The maximum atomic E-state index is 11.6. The first kappa shape index (κ1) is 13.3. The number of hydrogen-bond acceptors (Lipinski definition) is 3. The average molecular weight is 270 g/mol. The summed E-state index contributed by atoms with van der Waals surface area (Å²) >= 11 is 0. The maximum Gasteiger partial charge on any atom is 0.279 e. The molecule has 0 aromatic heterocycles. The van der Waals surface area contributed by atoms with Crippen molar-refractivity contribution >= 4 is 10.2 Å². The summed E-state index contributed by atoms with van der Waals surface area (Å²) < 4.78 is 27.1. The third-order valence-electron chi connectivity index (χ3n) is 3.42. The smallest absolute Gasteiger partial charge is 0.279 e. The Balaban J connectivity index is 2.01. The van der Waals surface area contributed by atoms with Gasteiger partial charge in [0.05, 0.1) is 0 Å². The molecule has 0 radical (unpaired) electrons. The Kier molecular flexibility index (Phi) is 3.89. The van der Waals surface area contributed by atoms with Gasteiger partial charge < -0.3 is 5.11 Å². The predicted octanol–water partition coefficient (Wildman–Crippen LogP) is 1.04. The second kappa shape index (κ2) is 5.26. The van der Waals surface area contributed by atoms with Gasteiger partial charge in [-0.1, -0.05) is 12.1 Å². The van der Waals surface area contributed by atoms with Gasteiger partial charge >= 0.3 is 0 Å². The first-order chi connectivity index (χ1) is 8.53. The van der Waals surface area contributed by atoms with Gasteiger partial charge in [0.15, 0.2) is 0 Å². The van der Waals surface area contributed by atoms with E-state index in [0.717, 1.165) is 18.4 Å². The Bertz CT molecular complexity index is 491. The van der Waals surface area contributed by atoms with Crippen molar-refractivity contribution in [3.8, 4) is 5.75 Å². The summed E-state index contributed by atoms with van der Waals surface area (Å²) in [5, 5.41) is 9.24. The highest BCUT2D eigenvalue weighted by Gasteiger charge is 2.27. The van der Waals surface area contributed by atoms with Crippen LogP contribution in [0.25, 0.3) is 0 Å². The van der Waals surface area contributed by atoms with E-state index in [1.807, 2.05) is 12.1 Å². The molecule has 1 aromatic carbocycles. The normalized spacial score (nSPS) is 18.9. The molecule has 0 atom stereocenters. The number of aromatic hydroxyl groups is 1. The Labute approximate surface area is 108 Å². The summed E-state index contributed by atoms with van der Waals surface area (Å²) in [5.41, 5.74) is 1.16. The Morgan fingerprint density at radius 3 is 2.28 bits per heavy atom. The lowest BCUT2D eigenvalue weighted by Gasteiger charge is -2.31. The van der Waals surface area contributed by atoms with Crippen LogP contribution in [0.1, 0.15) is 24.3 Å². The third kappa shape index (κ3) is 2.82. The van der Waals surface area contributed by atoms with E-state index in [0.29, 0.717) is 19.0 Å². The minimum absolute atomic E-state index is 0.258. The molecular weight excluding hydrogens is 252 g/mol. The van der Waals surface area contributed by atoms with Gasteiger partial charge in [0, 0.05) is 20.1 Å². The zero-order chi connectivity index (χ0) is 13.2. The Morgan fingerprint density at radius 2 is 1.78 bits per heavy atom. The molecule has 1 aliphatic heterocycles. The fraction of sp³-hybridized carbons (Fsp3) is 0.500. The fourth-order valence-corrected chi connectivity index (χ4v) is 3.25. The van der Waals surface area contributed by atoms with E-state index >= 15 is 0 Å². The van der Waals surface area contributed by atoms with Crippen LogP contribution in [0, 0.1) is 0 Å². The van der Waals surface area contributed by atoms with Crippen LogP contribution >= 0.6 is 0 Å². The zero-order valence-electron chi connectivity index (χ0n) is 10.3. The van der Waals surface area contributed by atoms with E-state index < -0.39 is 10.2 Å². The second-order valence-electron chi connectivity index (χ2n) is 4.47. The van der Waals surface area contributed by atoms with Gasteiger partial charge in [-0.2, -0.15) is 12.7 Å². The first-order valence-corrected chi connectivity index (χ1v) is 7.44. The maximum absolute atomic E-state index is 11.6. The molecule has 0 saturated carbocycles. The standard InChI is InChI=1S/C12H18N2O3S/c1-13-18(16,17)14-8-6-11(7-9-14)10-2-4-12(15)5-3-10/h2-5,11,13,15H,6-9H2,1H3. The minimum atomic E-state index is -3.29. The largest absolute Gasteiger partial charge is 0.508 e. The molecular formula is C12H18N2O3S. The summed E-state index contributed by atoms with van der Waals surface area (Å²) in [6.45, 7) is 1.07. The molecule has 0 unspecified atom stereocenters. The number of piperidine rings is 1. The SMILES string of the molecule is CNS(=O)(=O)N1CCC(c2ccc(O)cc2)CC1. The summed E-state index contributed by atoms with van der Waals surface area (Å²) in [7, 11) is -1.86. The van der Waals surface area contributed by atoms with E-state index in [9.17, 15) is 13.5 Å². The molecule has 0 spiro atoms. The molecule has 100 valence electrons. The van der Waals surface area contributed by atoms with Gasteiger partial charge in [0.1, 0.15) is 5.75 Å². The molecule has 2 N–H and O–H groups in total. The molecule has 1 fully saturated rings. The van der Waals surface area contributed by atoms with Crippen LogP contribution in [0.5, 0.6) is 5.75 Å². The Hall–Kier alpha value is -1.11. The summed E-state index contributed by atoms with van der Waals surface area (Å²) in [5.74, 6) is 0.628. The van der Waals surface area contributed by atoms with E-state index in [1.54, 1.807) is 12.1 Å². The first-order valence-electron chi connectivity index (χ1n) is 6.00. The van der Waals surface area contributed by atoms with Crippen molar-refractivity contribution in [2.45, 2.75) is 18.8 Å². The van der Waals surface area contributed by atoms with Gasteiger partial charge in [-0.05, 0) is 36.5 Å². The lowest BCUT2D eigenvalue weighted by molar-refractivity contribution is 0.316. The van der Waals surface area contributed by atoms with Crippen LogP contribution < -0.4 is 4.72 Å². The third-order valence-corrected chi connectivity index (χ3v) is 4.98. The van der Waals surface area contributed by atoms with Gasteiger partial charge in [-0.25, -0.2) is 4.72 Å². The van der Waals surface area contributed by atoms with Gasteiger partial charge in [-0.3, -0.25) is 0 Å². The average Bonchev–Trinajstić information content (AvgIpc) is 2.40. The fourth-order valence-electron chi connectivity index (χ4n) is 2.31. The van der Waals surface area contributed by atoms with Crippen LogP contribution in [0.2, 0.25) is 0 Å². The van der Waals surface area contributed by atoms with Crippen molar-refractivity contribution in [2.75, 3.05) is 20.1 Å². The number of phenols is 1. The van der Waals surface area contributed by atoms with E-state index in [2.05, 4.69) is 4.72 Å². The van der Waals surface area contributed by atoms with Crippen molar-refractivity contribution in [1.29, 1.82) is 0 Å². The molecule has 1 heterocycles. The monoisotopic (exact) mass is 270 g/mol. The Morgan fingerprint density at radius 1 is 1.22 bits per heavy atom. The van der Waals surface area contributed by atoms with Crippen LogP contribution in [-0.2, 0) is 10.2 Å². The summed E-state index contributed by atoms with van der Waals surface area (Å²) in [4.78, 5) is 0. The zero-order valence-corrected chi connectivity index (χ0v) is 11.2. The number of hydrogen-bond donors (Lipinski definition) is 2. The number of nitrogens with zero attached hydrogens (tertiary/aromatic N) is 1. The van der Waals surface area contributed by atoms with E-state index in [1.165, 1.54) is 11.4 Å². The lowest BCUT2D eigenvalue weighted by atomic mass is 9.90. The number of nitrogens with one attached hydrogen (secondary N) is 1. The summed E-state index contributed by atoms with van der Waals surface area (Å²) in [6, 6.07) is 7.16. The molecule has 1 saturated heterocycles. The highest BCUT2D eigenvalue weighted by atomic mass is 32.2. The number of benzene rings is 1. The molecule has 0 aliphatic carbocycles. The second-order valence-corrected chi connectivity index (χ2v) is 6.35. The quantitative estimate of drug-likeness (QED) is 0.862. The van der Waals surface area contributed by atoms with Crippen LogP contribution in [0.4, 0.5) is 0 Å². The molecule has 1 aliphatic rings. The molecule has 1 aromatic rings. The van der Waals surface area contributed by atoms with Crippen molar-refractivity contribution in [2.24, 2.45) is 0 Å². The predicted molar refractivity (Wildman–Crippen MR) is 69.6 cm³/mol. The van der Waals surface area contributed by atoms with Crippen molar-refractivity contribution in [3.63, 3.8) is 0 Å². The van der Waals surface area contributed by atoms with Crippen LogP contribution in [0.15, 0.2) is 24.3 Å². The number of rotatable bonds is 3. The minimum Gasteiger partial charge on any atom is -0.508 e. The van der Waals surface area contributed by atoms with Crippen molar-refractivity contribution in [3.05, 3.63) is 29.8 Å². The molecule has 6 heteroatoms. The number of phenolic OH excluding ortho intramolecular Hbond substituents is 1. The van der Waals surface area contributed by atoms with Crippen molar-refractivity contribution < 1.29 is 13.5 Å². The molecule has 0 bridgehead atoms. The topological polar surface area (TPSA) is 69.6 Å². The lowest BCUT2D eigenvalue weighted by Crippen LogP contribution is -2.43. The van der Waals surface area contributed by atoms with Gasteiger partial charge in [0.2, 0.25) is 0 Å².